The minimum absolute atomic E-state index is 0.0950. The van der Waals surface area contributed by atoms with Crippen LogP contribution in [0.1, 0.15) is 26.5 Å². The van der Waals surface area contributed by atoms with E-state index in [1.807, 2.05) is 13.0 Å². The van der Waals surface area contributed by atoms with Crippen molar-refractivity contribution >= 4 is 34.7 Å². The van der Waals surface area contributed by atoms with Gasteiger partial charge >= 0.3 is 0 Å². The molecule has 1 N–H and O–H groups in total. The number of nitrogens with zero attached hydrogens (tertiary/aromatic N) is 4. The van der Waals surface area contributed by atoms with E-state index >= 15 is 0 Å². The lowest BCUT2D eigenvalue weighted by Crippen LogP contribution is -2.23. The van der Waals surface area contributed by atoms with Crippen LogP contribution in [0.2, 0.25) is 5.02 Å². The van der Waals surface area contributed by atoms with Crippen LogP contribution in [0, 0.1) is 10.1 Å². The lowest BCUT2D eigenvalue weighted by molar-refractivity contribution is -0.384. The van der Waals surface area contributed by atoms with Gasteiger partial charge in [-0.05, 0) is 32.4 Å². The molecule has 1 aromatic heterocycles. The number of hydrogen-bond acceptors (Lipinski definition) is 6. The van der Waals surface area contributed by atoms with Gasteiger partial charge in [0.25, 0.3) is 5.69 Å². The molecule has 1 aromatic carbocycles. The van der Waals surface area contributed by atoms with E-state index < -0.39 is 4.92 Å². The Morgan fingerprint density at radius 3 is 2.50 bits per heavy atom. The first-order valence-electron chi connectivity index (χ1n) is 7.82. The number of benzene rings is 1. The van der Waals surface area contributed by atoms with Crippen LogP contribution in [0.3, 0.4) is 0 Å². The molecular formula is C16H20ClN5O2. The molecule has 0 spiro atoms. The Morgan fingerprint density at radius 2 is 1.92 bits per heavy atom. The number of aryl methyl sites for hydroxylation is 1. The van der Waals surface area contributed by atoms with Crippen LogP contribution in [-0.4, -0.2) is 28.0 Å². The van der Waals surface area contributed by atoms with Gasteiger partial charge in [-0.3, -0.25) is 10.1 Å². The van der Waals surface area contributed by atoms with Gasteiger partial charge in [0.1, 0.15) is 10.8 Å². The topological polar surface area (TPSA) is 84.2 Å². The fraction of sp³-hybridized carbons (Fsp3) is 0.375. The van der Waals surface area contributed by atoms with Crippen LogP contribution < -0.4 is 10.2 Å². The average molecular weight is 350 g/mol. The van der Waals surface area contributed by atoms with Crippen LogP contribution >= 0.6 is 11.6 Å². The second-order valence-electron chi connectivity index (χ2n) is 5.12. The highest BCUT2D eigenvalue weighted by Gasteiger charge is 2.14. The highest BCUT2D eigenvalue weighted by molar-refractivity contribution is 6.32. The quantitative estimate of drug-likeness (QED) is 0.596. The van der Waals surface area contributed by atoms with E-state index in [0.29, 0.717) is 11.6 Å². The molecule has 0 saturated carbocycles. The largest absolute Gasteiger partial charge is 0.357 e. The molecule has 0 bridgehead atoms. The smallest absolute Gasteiger partial charge is 0.289 e. The molecule has 128 valence electrons. The highest BCUT2D eigenvalue weighted by atomic mass is 35.5. The summed E-state index contributed by atoms with van der Waals surface area (Å²) in [5, 5.41) is 14.1. The van der Waals surface area contributed by atoms with Crippen molar-refractivity contribution in [2.75, 3.05) is 23.3 Å². The lowest BCUT2D eigenvalue weighted by Gasteiger charge is -2.21. The zero-order valence-corrected chi connectivity index (χ0v) is 14.7. The molecule has 8 heteroatoms. The first-order chi connectivity index (χ1) is 11.5. The Kier molecular flexibility index (Phi) is 5.92. The van der Waals surface area contributed by atoms with Gasteiger partial charge < -0.3 is 10.2 Å². The molecule has 7 nitrogen and oxygen atoms in total. The molecule has 0 aliphatic carbocycles. The predicted molar refractivity (Wildman–Crippen MR) is 96.4 cm³/mol. The summed E-state index contributed by atoms with van der Waals surface area (Å²) in [6.45, 7) is 7.82. The number of nitro benzene ring substituents is 1. The van der Waals surface area contributed by atoms with E-state index in [0.717, 1.165) is 31.0 Å². The van der Waals surface area contributed by atoms with E-state index in [1.54, 1.807) is 6.07 Å². The summed E-state index contributed by atoms with van der Waals surface area (Å²) in [5.41, 5.74) is 1.26. The maximum atomic E-state index is 11.0. The SMILES string of the molecule is CCc1cc(N(CC)CC)nc(Nc2ccc(Cl)c([N+](=O)[O-])c2)n1. The fourth-order valence-corrected chi connectivity index (χ4v) is 2.48. The third-order valence-electron chi connectivity index (χ3n) is 3.61. The van der Waals surface area contributed by atoms with Gasteiger partial charge in [0.2, 0.25) is 5.95 Å². The molecule has 0 aliphatic heterocycles. The van der Waals surface area contributed by atoms with Crippen LogP contribution in [-0.2, 0) is 6.42 Å². The van der Waals surface area contributed by atoms with Gasteiger partial charge in [0.05, 0.1) is 4.92 Å². The monoisotopic (exact) mass is 349 g/mol. The van der Waals surface area contributed by atoms with Crippen molar-refractivity contribution in [1.82, 2.24) is 9.97 Å². The number of nitro groups is 1. The molecule has 0 amide bonds. The number of nitrogens with one attached hydrogen (secondary N) is 1. The first-order valence-corrected chi connectivity index (χ1v) is 8.20. The predicted octanol–water partition coefficient (Wildman–Crippen LogP) is 4.19. The van der Waals surface area contributed by atoms with Gasteiger partial charge in [0, 0.05) is 36.6 Å². The van der Waals surface area contributed by atoms with Crippen LogP contribution in [0.15, 0.2) is 24.3 Å². The highest BCUT2D eigenvalue weighted by Crippen LogP contribution is 2.28. The third-order valence-corrected chi connectivity index (χ3v) is 3.93. The summed E-state index contributed by atoms with van der Waals surface area (Å²) in [7, 11) is 0. The van der Waals surface area contributed by atoms with Crippen molar-refractivity contribution in [2.45, 2.75) is 27.2 Å². The molecule has 24 heavy (non-hydrogen) atoms. The fourth-order valence-electron chi connectivity index (χ4n) is 2.29. The standard InChI is InChI=1S/C16H20ClN5O2/c1-4-11-10-15(21(5-2)6-3)20-16(18-11)19-12-7-8-13(17)14(9-12)22(23)24/h7-10H,4-6H2,1-3H3,(H,18,19,20). The number of hydrogen-bond donors (Lipinski definition) is 1. The van der Waals surface area contributed by atoms with Crippen molar-refractivity contribution in [3.63, 3.8) is 0 Å². The normalized spacial score (nSPS) is 10.5. The van der Waals surface area contributed by atoms with E-state index in [1.165, 1.54) is 12.1 Å². The first kappa shape index (κ1) is 17.9. The van der Waals surface area contributed by atoms with E-state index in [4.69, 9.17) is 11.6 Å². The minimum atomic E-state index is -0.516. The number of rotatable bonds is 7. The average Bonchev–Trinajstić information content (AvgIpc) is 2.57. The molecule has 0 saturated heterocycles. The number of aromatic nitrogens is 2. The Labute approximate surface area is 145 Å². The second-order valence-corrected chi connectivity index (χ2v) is 5.52. The van der Waals surface area contributed by atoms with Crippen molar-refractivity contribution in [1.29, 1.82) is 0 Å². The van der Waals surface area contributed by atoms with Gasteiger partial charge in [0.15, 0.2) is 0 Å². The Morgan fingerprint density at radius 1 is 1.21 bits per heavy atom. The summed E-state index contributed by atoms with van der Waals surface area (Å²) >= 11 is 5.84. The second kappa shape index (κ2) is 7.92. The summed E-state index contributed by atoms with van der Waals surface area (Å²) in [5.74, 6) is 1.24. The summed E-state index contributed by atoms with van der Waals surface area (Å²) in [6, 6.07) is 6.48. The number of halogens is 1. The van der Waals surface area contributed by atoms with E-state index in [9.17, 15) is 10.1 Å². The molecule has 2 rings (SSSR count). The molecule has 1 heterocycles. The molecule has 0 radical (unpaired) electrons. The summed E-state index contributed by atoms with van der Waals surface area (Å²) < 4.78 is 0. The third kappa shape index (κ3) is 4.11. The molecule has 2 aromatic rings. The maximum Gasteiger partial charge on any atom is 0.289 e. The summed E-state index contributed by atoms with van der Waals surface area (Å²) in [4.78, 5) is 21.6. The molecular weight excluding hydrogens is 330 g/mol. The zero-order chi connectivity index (χ0) is 17.7. The Hall–Kier alpha value is -2.41. The molecule has 0 fully saturated rings. The lowest BCUT2D eigenvalue weighted by atomic mass is 10.2. The summed E-state index contributed by atoms with van der Waals surface area (Å²) in [6.07, 6.45) is 0.770. The molecule has 0 unspecified atom stereocenters. The maximum absolute atomic E-state index is 11.0. The van der Waals surface area contributed by atoms with Gasteiger partial charge in [-0.1, -0.05) is 18.5 Å². The number of anilines is 3. The van der Waals surface area contributed by atoms with Crippen molar-refractivity contribution < 1.29 is 4.92 Å². The minimum Gasteiger partial charge on any atom is -0.357 e. The zero-order valence-electron chi connectivity index (χ0n) is 13.9. The van der Waals surface area contributed by atoms with Gasteiger partial charge in [-0.25, -0.2) is 4.98 Å². The van der Waals surface area contributed by atoms with Crippen molar-refractivity contribution in [3.8, 4) is 0 Å². The Balaban J connectivity index is 2.37. The van der Waals surface area contributed by atoms with Crippen molar-refractivity contribution in [3.05, 3.63) is 45.1 Å². The van der Waals surface area contributed by atoms with Crippen molar-refractivity contribution in [2.24, 2.45) is 0 Å². The van der Waals surface area contributed by atoms with E-state index in [-0.39, 0.29) is 10.7 Å². The van der Waals surface area contributed by atoms with E-state index in [2.05, 4.69) is 34.0 Å². The molecule has 0 aliphatic rings. The van der Waals surface area contributed by atoms with Gasteiger partial charge in [-0.15, -0.1) is 0 Å². The Bertz CT molecular complexity index is 734. The van der Waals surface area contributed by atoms with Crippen LogP contribution in [0.5, 0.6) is 0 Å². The van der Waals surface area contributed by atoms with Crippen LogP contribution in [0.4, 0.5) is 23.1 Å². The molecule has 0 atom stereocenters. The van der Waals surface area contributed by atoms with Crippen LogP contribution in [0.25, 0.3) is 0 Å². The van der Waals surface area contributed by atoms with Gasteiger partial charge in [-0.2, -0.15) is 4.98 Å².